The summed E-state index contributed by atoms with van der Waals surface area (Å²) in [5.41, 5.74) is 0.641. The van der Waals surface area contributed by atoms with Crippen molar-refractivity contribution >= 4 is 39.1 Å². The van der Waals surface area contributed by atoms with Crippen molar-refractivity contribution in [2.75, 3.05) is 26.2 Å². The summed E-state index contributed by atoms with van der Waals surface area (Å²) in [4.78, 5) is 38.1. The minimum atomic E-state index is -3.74. The summed E-state index contributed by atoms with van der Waals surface area (Å²) in [7, 11) is -3.74. The highest BCUT2D eigenvalue weighted by atomic mass is 32.2. The molecule has 10 heteroatoms. The Hall–Kier alpha value is -2.56. The van der Waals surface area contributed by atoms with Gasteiger partial charge in [0.15, 0.2) is 0 Å². The fourth-order valence-corrected chi connectivity index (χ4v) is 6.26. The van der Waals surface area contributed by atoms with Crippen LogP contribution < -0.4 is 0 Å². The zero-order valence-corrected chi connectivity index (χ0v) is 17.0. The van der Waals surface area contributed by atoms with Crippen LogP contribution in [-0.4, -0.2) is 61.6 Å². The fourth-order valence-electron chi connectivity index (χ4n) is 3.45. The normalized spacial score (nSPS) is 17.0. The molecule has 152 valence electrons. The fraction of sp³-hybridized carbons (Fsp3) is 0.316. The third-order valence-electron chi connectivity index (χ3n) is 4.92. The number of hydrogen-bond donors (Lipinski definition) is 0. The molecule has 0 aliphatic carbocycles. The maximum atomic E-state index is 12.7. The Morgan fingerprint density at radius 2 is 1.66 bits per heavy atom. The molecule has 0 unspecified atom stereocenters. The molecular formula is C19H18N2O6S2. The number of rotatable bonds is 6. The van der Waals surface area contributed by atoms with E-state index in [0.29, 0.717) is 24.2 Å². The van der Waals surface area contributed by atoms with E-state index in [9.17, 15) is 22.8 Å². The zero-order chi connectivity index (χ0) is 20.6. The summed E-state index contributed by atoms with van der Waals surface area (Å²) < 4.78 is 32.0. The van der Waals surface area contributed by atoms with Crippen LogP contribution in [0, 0.1) is 0 Å². The summed E-state index contributed by atoms with van der Waals surface area (Å²) in [6.07, 6.45) is 1.59. The molecule has 2 aliphatic rings. The van der Waals surface area contributed by atoms with Crippen molar-refractivity contribution in [3.8, 4) is 0 Å². The minimum absolute atomic E-state index is 0.000684. The molecule has 29 heavy (non-hydrogen) atoms. The second-order valence-electron chi connectivity index (χ2n) is 6.67. The van der Waals surface area contributed by atoms with Crippen molar-refractivity contribution in [2.24, 2.45) is 0 Å². The van der Waals surface area contributed by atoms with Crippen LogP contribution >= 0.6 is 11.3 Å². The number of ether oxygens (including phenoxy) is 1. The van der Waals surface area contributed by atoms with Crippen LogP contribution in [0.3, 0.4) is 0 Å². The number of imide groups is 1. The summed E-state index contributed by atoms with van der Waals surface area (Å²) in [5, 5.41) is 1.53. The number of amides is 2. The number of carbonyl (C=O) groups is 3. The van der Waals surface area contributed by atoms with E-state index in [1.165, 1.54) is 15.8 Å². The van der Waals surface area contributed by atoms with Gasteiger partial charge in [-0.2, -0.15) is 4.31 Å². The summed E-state index contributed by atoms with van der Waals surface area (Å²) in [6, 6.07) is 7.89. The average Bonchev–Trinajstić information content (AvgIpc) is 3.45. The number of benzene rings is 1. The molecule has 0 atom stereocenters. The zero-order valence-electron chi connectivity index (χ0n) is 15.4. The number of esters is 1. The number of nitrogens with zero attached hydrogens (tertiary/aromatic N) is 2. The van der Waals surface area contributed by atoms with E-state index >= 15 is 0 Å². The summed E-state index contributed by atoms with van der Waals surface area (Å²) in [6.45, 7) is 0.557. The number of fused-ring (bicyclic) bond motifs is 1. The van der Waals surface area contributed by atoms with Crippen LogP contribution in [0.1, 0.15) is 43.2 Å². The molecule has 2 aliphatic heterocycles. The highest BCUT2D eigenvalue weighted by Crippen LogP contribution is 2.28. The Labute approximate surface area is 171 Å². The second kappa shape index (κ2) is 7.69. The van der Waals surface area contributed by atoms with Crippen LogP contribution in [0.15, 0.2) is 40.6 Å². The third kappa shape index (κ3) is 3.47. The highest BCUT2D eigenvalue weighted by Gasteiger charge is 2.35. The van der Waals surface area contributed by atoms with Crippen molar-refractivity contribution in [1.82, 2.24) is 9.21 Å². The average molecular weight is 434 g/mol. The molecule has 4 rings (SSSR count). The van der Waals surface area contributed by atoms with Gasteiger partial charge in [-0.3, -0.25) is 14.5 Å². The number of thiophene rings is 1. The SMILES string of the molecule is O=C(OCCN1C(=O)c2ccccc2C1=O)c1sccc1S(=O)(=O)N1CCCC1. The molecule has 0 spiro atoms. The molecule has 2 amide bonds. The monoisotopic (exact) mass is 434 g/mol. The van der Waals surface area contributed by atoms with Crippen LogP contribution in [0.2, 0.25) is 0 Å². The molecule has 0 saturated carbocycles. The Morgan fingerprint density at radius 3 is 2.28 bits per heavy atom. The van der Waals surface area contributed by atoms with Gasteiger partial charge in [0.05, 0.1) is 17.7 Å². The molecule has 0 bridgehead atoms. The van der Waals surface area contributed by atoms with Crippen LogP contribution in [0.5, 0.6) is 0 Å². The molecule has 1 aromatic carbocycles. The quantitative estimate of drug-likeness (QED) is 0.509. The van der Waals surface area contributed by atoms with Gasteiger partial charge in [0.25, 0.3) is 11.8 Å². The molecular weight excluding hydrogens is 416 g/mol. The first kappa shape index (κ1) is 19.7. The van der Waals surface area contributed by atoms with Crippen molar-refractivity contribution in [2.45, 2.75) is 17.7 Å². The topological polar surface area (TPSA) is 101 Å². The Morgan fingerprint density at radius 1 is 1.03 bits per heavy atom. The Bertz CT molecular complexity index is 1050. The molecule has 3 heterocycles. The van der Waals surface area contributed by atoms with E-state index in [1.807, 2.05) is 0 Å². The van der Waals surface area contributed by atoms with Crippen LogP contribution in [-0.2, 0) is 14.8 Å². The van der Waals surface area contributed by atoms with Crippen molar-refractivity contribution < 1.29 is 27.5 Å². The molecule has 1 fully saturated rings. The van der Waals surface area contributed by atoms with Gasteiger partial charge in [-0.25, -0.2) is 13.2 Å². The van der Waals surface area contributed by atoms with Gasteiger partial charge in [-0.15, -0.1) is 11.3 Å². The van der Waals surface area contributed by atoms with Crippen LogP contribution in [0.25, 0.3) is 0 Å². The van der Waals surface area contributed by atoms with Gasteiger partial charge in [0, 0.05) is 13.1 Å². The lowest BCUT2D eigenvalue weighted by Crippen LogP contribution is -2.33. The van der Waals surface area contributed by atoms with Gasteiger partial charge in [0.1, 0.15) is 16.4 Å². The molecule has 1 saturated heterocycles. The first-order valence-corrected chi connectivity index (χ1v) is 11.4. The maximum Gasteiger partial charge on any atom is 0.349 e. The van der Waals surface area contributed by atoms with E-state index in [0.717, 1.165) is 29.1 Å². The largest absolute Gasteiger partial charge is 0.460 e. The smallest absolute Gasteiger partial charge is 0.349 e. The van der Waals surface area contributed by atoms with E-state index in [4.69, 9.17) is 4.74 Å². The van der Waals surface area contributed by atoms with Gasteiger partial charge >= 0.3 is 5.97 Å². The molecule has 8 nitrogen and oxygen atoms in total. The van der Waals surface area contributed by atoms with E-state index in [2.05, 4.69) is 0 Å². The third-order valence-corrected chi connectivity index (χ3v) is 7.89. The minimum Gasteiger partial charge on any atom is -0.460 e. The van der Waals surface area contributed by atoms with Crippen molar-refractivity contribution in [1.29, 1.82) is 0 Å². The lowest BCUT2D eigenvalue weighted by molar-refractivity contribution is 0.0421. The predicted molar refractivity (Wildman–Crippen MR) is 104 cm³/mol. The summed E-state index contributed by atoms with van der Waals surface area (Å²) in [5.74, 6) is -1.65. The lowest BCUT2D eigenvalue weighted by Gasteiger charge is -2.16. The standard InChI is InChI=1S/C19H18N2O6S2/c22-17-13-5-1-2-6-14(13)18(23)21(17)10-11-27-19(24)16-15(7-12-28-16)29(25,26)20-8-3-4-9-20/h1-2,5-7,12H,3-4,8-11H2. The molecule has 0 N–H and O–H groups in total. The van der Waals surface area contributed by atoms with Crippen LogP contribution in [0.4, 0.5) is 0 Å². The lowest BCUT2D eigenvalue weighted by atomic mass is 10.1. The molecule has 0 radical (unpaired) electrons. The molecule has 1 aromatic heterocycles. The Kier molecular flexibility index (Phi) is 5.24. The number of carbonyl (C=O) groups excluding carboxylic acids is 3. The first-order valence-electron chi connectivity index (χ1n) is 9.11. The first-order chi connectivity index (χ1) is 13.9. The van der Waals surface area contributed by atoms with E-state index < -0.39 is 27.8 Å². The van der Waals surface area contributed by atoms with Gasteiger partial charge in [0.2, 0.25) is 10.0 Å². The van der Waals surface area contributed by atoms with E-state index in [-0.39, 0.29) is 22.9 Å². The second-order valence-corrected chi connectivity index (χ2v) is 9.49. The Balaban J connectivity index is 1.41. The van der Waals surface area contributed by atoms with Gasteiger partial charge in [-0.05, 0) is 36.4 Å². The van der Waals surface area contributed by atoms with E-state index in [1.54, 1.807) is 24.3 Å². The predicted octanol–water partition coefficient (Wildman–Crippen LogP) is 1.99. The number of hydrogen-bond acceptors (Lipinski definition) is 7. The van der Waals surface area contributed by atoms with Crippen molar-refractivity contribution in [3.05, 3.63) is 51.7 Å². The van der Waals surface area contributed by atoms with Gasteiger partial charge in [-0.1, -0.05) is 12.1 Å². The summed E-state index contributed by atoms with van der Waals surface area (Å²) >= 11 is 0.989. The molecule has 2 aromatic rings. The van der Waals surface area contributed by atoms with Crippen molar-refractivity contribution in [3.63, 3.8) is 0 Å². The highest BCUT2D eigenvalue weighted by molar-refractivity contribution is 7.89. The maximum absolute atomic E-state index is 12.7. The number of sulfonamides is 1. The van der Waals surface area contributed by atoms with Gasteiger partial charge < -0.3 is 4.74 Å².